The van der Waals surface area contributed by atoms with Crippen LogP contribution in [0.4, 0.5) is 0 Å². The molecule has 2 aromatic rings. The molecule has 2 aliphatic rings. The van der Waals surface area contributed by atoms with E-state index in [4.69, 9.17) is 14.2 Å². The van der Waals surface area contributed by atoms with E-state index in [0.29, 0.717) is 22.8 Å². The fourth-order valence-corrected chi connectivity index (χ4v) is 4.61. The number of allylic oxidation sites excluding steroid dienone is 1. The molecule has 0 N–H and O–H groups in total. The first-order chi connectivity index (χ1) is 14.0. The highest BCUT2D eigenvalue weighted by molar-refractivity contribution is 14.1. The van der Waals surface area contributed by atoms with E-state index in [1.807, 2.05) is 36.4 Å². The predicted octanol–water partition coefficient (Wildman–Crippen LogP) is 4.73. The summed E-state index contributed by atoms with van der Waals surface area (Å²) >= 11 is 2.26. The van der Waals surface area contributed by atoms with Gasteiger partial charge < -0.3 is 19.1 Å². The molecule has 29 heavy (non-hydrogen) atoms. The fourth-order valence-electron chi connectivity index (χ4n) is 4.07. The zero-order valence-corrected chi connectivity index (χ0v) is 19.0. The lowest BCUT2D eigenvalue weighted by Crippen LogP contribution is -2.29. The molecule has 0 aliphatic carbocycles. The fraction of sp³-hybridized carbons (Fsp3) is 0.348. The number of rotatable bonds is 4. The highest BCUT2D eigenvalue weighted by atomic mass is 127. The zero-order chi connectivity index (χ0) is 20.5. The van der Waals surface area contributed by atoms with Crippen molar-refractivity contribution in [2.75, 3.05) is 34.4 Å². The number of carbonyl (C=O) groups excluding carboxylic acids is 1. The minimum atomic E-state index is -0.145. The van der Waals surface area contributed by atoms with Gasteiger partial charge in [-0.25, -0.2) is 0 Å². The SMILES string of the molecule is COc1cc(OC)c(C2CCN(C)CC2)c2c1C(=O)/C(=C/c1ccccc1I)O2. The molecular formula is C23H24INO4. The standard InChI is InChI=1S/C23H24INO4/c1-25-10-8-14(9-11-25)20-17(27-2)13-18(28-3)21-22(26)19(29-23(20)21)12-15-6-4-5-7-16(15)24/h4-7,12-14H,8-11H2,1-3H3/b19-12-. The molecule has 0 radical (unpaired) electrons. The molecule has 6 heteroatoms. The molecular weight excluding hydrogens is 481 g/mol. The maximum absolute atomic E-state index is 13.3. The largest absolute Gasteiger partial charge is 0.496 e. The van der Waals surface area contributed by atoms with E-state index in [2.05, 4.69) is 34.5 Å². The molecule has 2 aromatic carbocycles. The number of methoxy groups -OCH3 is 2. The molecule has 0 amide bonds. The van der Waals surface area contributed by atoms with Crippen molar-refractivity contribution in [3.05, 3.63) is 56.4 Å². The molecule has 0 spiro atoms. The molecule has 1 saturated heterocycles. The van der Waals surface area contributed by atoms with Crippen molar-refractivity contribution in [2.24, 2.45) is 0 Å². The Morgan fingerprint density at radius 1 is 1.14 bits per heavy atom. The van der Waals surface area contributed by atoms with Crippen molar-refractivity contribution in [1.82, 2.24) is 4.90 Å². The molecule has 0 aromatic heterocycles. The van der Waals surface area contributed by atoms with Crippen molar-refractivity contribution >= 4 is 34.5 Å². The van der Waals surface area contributed by atoms with Crippen molar-refractivity contribution in [2.45, 2.75) is 18.8 Å². The van der Waals surface area contributed by atoms with Gasteiger partial charge in [-0.2, -0.15) is 0 Å². The van der Waals surface area contributed by atoms with Gasteiger partial charge in [0, 0.05) is 15.2 Å². The van der Waals surface area contributed by atoms with Crippen LogP contribution >= 0.6 is 22.6 Å². The number of nitrogens with zero attached hydrogens (tertiary/aromatic N) is 1. The van der Waals surface area contributed by atoms with Gasteiger partial charge in [0.05, 0.1) is 14.2 Å². The Hall–Kier alpha value is -2.06. The van der Waals surface area contributed by atoms with Crippen molar-refractivity contribution in [3.63, 3.8) is 0 Å². The lowest BCUT2D eigenvalue weighted by Gasteiger charge is -2.30. The molecule has 2 heterocycles. The highest BCUT2D eigenvalue weighted by Gasteiger charge is 2.38. The number of Topliss-reactive ketones (excluding diaryl/α,β-unsaturated/α-hetero) is 1. The molecule has 152 valence electrons. The Morgan fingerprint density at radius 3 is 2.48 bits per heavy atom. The van der Waals surface area contributed by atoms with Crippen LogP contribution in [0, 0.1) is 3.57 Å². The monoisotopic (exact) mass is 505 g/mol. The Kier molecular flexibility index (Phi) is 5.83. The zero-order valence-electron chi connectivity index (χ0n) is 16.8. The number of likely N-dealkylation sites (tertiary alicyclic amines) is 1. The van der Waals surface area contributed by atoms with Crippen LogP contribution in [0.2, 0.25) is 0 Å². The maximum Gasteiger partial charge on any atom is 0.235 e. The quantitative estimate of drug-likeness (QED) is 0.444. The molecule has 4 rings (SSSR count). The van der Waals surface area contributed by atoms with Gasteiger partial charge in [0.2, 0.25) is 5.78 Å². The number of fused-ring (bicyclic) bond motifs is 1. The van der Waals surface area contributed by atoms with Gasteiger partial charge in [-0.1, -0.05) is 18.2 Å². The third-order valence-corrected chi connectivity index (χ3v) is 6.65. The van der Waals surface area contributed by atoms with E-state index in [1.165, 1.54) is 0 Å². The number of piperidine rings is 1. The van der Waals surface area contributed by atoms with Crippen molar-refractivity contribution < 1.29 is 19.0 Å². The average molecular weight is 505 g/mol. The third-order valence-electron chi connectivity index (χ3n) is 5.67. The normalized spacial score (nSPS) is 18.6. The first kappa shape index (κ1) is 20.2. The van der Waals surface area contributed by atoms with E-state index < -0.39 is 0 Å². The van der Waals surface area contributed by atoms with Gasteiger partial charge in [0.1, 0.15) is 22.8 Å². The van der Waals surface area contributed by atoms with Gasteiger partial charge in [0.15, 0.2) is 5.76 Å². The summed E-state index contributed by atoms with van der Waals surface area (Å²) in [6.07, 6.45) is 3.81. The second-order valence-corrected chi connectivity index (χ2v) is 8.60. The van der Waals surface area contributed by atoms with Gasteiger partial charge in [-0.05, 0) is 79.2 Å². The number of halogens is 1. The second kappa shape index (κ2) is 8.36. The van der Waals surface area contributed by atoms with Crippen LogP contribution in [0.15, 0.2) is 36.1 Å². The molecule has 0 atom stereocenters. The minimum absolute atomic E-state index is 0.145. The lowest BCUT2D eigenvalue weighted by atomic mass is 9.86. The summed E-state index contributed by atoms with van der Waals surface area (Å²) < 4.78 is 18.5. The number of ether oxygens (including phenoxy) is 3. The number of benzene rings is 2. The Bertz CT molecular complexity index is 977. The molecule has 2 aliphatic heterocycles. The predicted molar refractivity (Wildman–Crippen MR) is 121 cm³/mol. The summed E-state index contributed by atoms with van der Waals surface area (Å²) in [5.74, 6) is 2.27. The summed E-state index contributed by atoms with van der Waals surface area (Å²) in [7, 11) is 5.35. The van der Waals surface area contributed by atoms with Gasteiger partial charge in [0.25, 0.3) is 0 Å². The summed E-state index contributed by atoms with van der Waals surface area (Å²) in [5, 5.41) is 0. The summed E-state index contributed by atoms with van der Waals surface area (Å²) in [5.41, 5.74) is 2.44. The Labute approximate surface area is 184 Å². The van der Waals surface area contributed by atoms with Crippen LogP contribution in [0.5, 0.6) is 17.2 Å². The third kappa shape index (κ3) is 3.75. The van der Waals surface area contributed by atoms with E-state index in [1.54, 1.807) is 14.2 Å². The average Bonchev–Trinajstić information content (AvgIpc) is 3.05. The van der Waals surface area contributed by atoms with Crippen molar-refractivity contribution in [1.29, 1.82) is 0 Å². The topological polar surface area (TPSA) is 48.0 Å². The molecule has 0 bridgehead atoms. The summed E-state index contributed by atoms with van der Waals surface area (Å²) in [4.78, 5) is 15.6. The second-order valence-electron chi connectivity index (χ2n) is 7.44. The van der Waals surface area contributed by atoms with Crippen LogP contribution < -0.4 is 14.2 Å². The first-order valence-electron chi connectivity index (χ1n) is 9.69. The molecule has 5 nitrogen and oxygen atoms in total. The van der Waals surface area contributed by atoms with Crippen LogP contribution in [0.1, 0.15) is 40.2 Å². The number of carbonyl (C=O) groups is 1. The highest BCUT2D eigenvalue weighted by Crippen LogP contribution is 2.50. The Balaban J connectivity index is 1.82. The van der Waals surface area contributed by atoms with E-state index in [-0.39, 0.29) is 11.7 Å². The smallest absolute Gasteiger partial charge is 0.235 e. The van der Waals surface area contributed by atoms with E-state index in [0.717, 1.165) is 46.4 Å². The maximum atomic E-state index is 13.3. The minimum Gasteiger partial charge on any atom is -0.496 e. The number of hydrogen-bond acceptors (Lipinski definition) is 5. The van der Waals surface area contributed by atoms with Crippen LogP contribution in [0.3, 0.4) is 0 Å². The van der Waals surface area contributed by atoms with Crippen LogP contribution in [-0.4, -0.2) is 45.0 Å². The van der Waals surface area contributed by atoms with E-state index >= 15 is 0 Å². The molecule has 0 unspecified atom stereocenters. The van der Waals surface area contributed by atoms with Crippen LogP contribution in [0.25, 0.3) is 6.08 Å². The lowest BCUT2D eigenvalue weighted by molar-refractivity contribution is 0.101. The Morgan fingerprint density at radius 2 is 1.83 bits per heavy atom. The van der Waals surface area contributed by atoms with Crippen molar-refractivity contribution in [3.8, 4) is 17.2 Å². The van der Waals surface area contributed by atoms with E-state index in [9.17, 15) is 4.79 Å². The molecule has 1 fully saturated rings. The van der Waals surface area contributed by atoms with Gasteiger partial charge in [-0.3, -0.25) is 4.79 Å². The van der Waals surface area contributed by atoms with Gasteiger partial charge in [-0.15, -0.1) is 0 Å². The first-order valence-corrected chi connectivity index (χ1v) is 10.8. The summed E-state index contributed by atoms with van der Waals surface area (Å²) in [6.45, 7) is 2.01. The van der Waals surface area contributed by atoms with Crippen LogP contribution in [-0.2, 0) is 0 Å². The molecule has 0 saturated carbocycles. The van der Waals surface area contributed by atoms with Gasteiger partial charge >= 0.3 is 0 Å². The summed E-state index contributed by atoms with van der Waals surface area (Å²) in [6, 6.07) is 9.73. The number of hydrogen-bond donors (Lipinski definition) is 0. The number of ketones is 1.